The zero-order valence-electron chi connectivity index (χ0n) is 8.91. The average Bonchev–Trinajstić information content (AvgIpc) is 2.60. The maximum atomic E-state index is 5.48. The molecular formula is C12H22N2. The molecule has 4 atom stereocenters. The van der Waals surface area contributed by atoms with Crippen molar-refractivity contribution in [3.05, 3.63) is 0 Å². The van der Waals surface area contributed by atoms with Crippen LogP contribution in [-0.2, 0) is 0 Å². The van der Waals surface area contributed by atoms with Crippen LogP contribution in [0.25, 0.3) is 0 Å². The summed E-state index contributed by atoms with van der Waals surface area (Å²) in [6, 6.07) is 0.916. The van der Waals surface area contributed by atoms with E-state index in [-0.39, 0.29) is 0 Å². The SMILES string of the molecule is NCCCCNC1C2C3CCC(C3)C12. The van der Waals surface area contributed by atoms with E-state index in [0.29, 0.717) is 0 Å². The van der Waals surface area contributed by atoms with Crippen molar-refractivity contribution in [2.45, 2.75) is 38.1 Å². The van der Waals surface area contributed by atoms with E-state index in [4.69, 9.17) is 5.73 Å². The molecule has 3 aliphatic carbocycles. The minimum atomic E-state index is 0.852. The lowest BCUT2D eigenvalue weighted by Gasteiger charge is -2.09. The van der Waals surface area contributed by atoms with Crippen LogP contribution < -0.4 is 11.1 Å². The molecule has 14 heavy (non-hydrogen) atoms. The fourth-order valence-corrected chi connectivity index (χ4v) is 4.14. The smallest absolute Gasteiger partial charge is 0.0135 e. The monoisotopic (exact) mass is 194 g/mol. The van der Waals surface area contributed by atoms with E-state index in [9.17, 15) is 0 Å². The molecule has 0 aromatic heterocycles. The highest BCUT2D eigenvalue weighted by molar-refractivity contribution is 5.16. The predicted octanol–water partition coefficient (Wildman–Crippen LogP) is 1.36. The van der Waals surface area contributed by atoms with Gasteiger partial charge >= 0.3 is 0 Å². The first-order valence-corrected chi connectivity index (χ1v) is 6.35. The lowest BCUT2D eigenvalue weighted by molar-refractivity contribution is 0.456. The molecule has 2 nitrogen and oxygen atoms in total. The summed E-state index contributed by atoms with van der Waals surface area (Å²) in [5, 5.41) is 3.74. The normalized spacial score (nSPS) is 48.2. The van der Waals surface area contributed by atoms with Crippen LogP contribution in [0, 0.1) is 23.7 Å². The Hall–Kier alpha value is -0.0800. The average molecular weight is 194 g/mol. The van der Waals surface area contributed by atoms with E-state index in [0.717, 1.165) is 36.3 Å². The Morgan fingerprint density at radius 2 is 1.79 bits per heavy atom. The summed E-state index contributed by atoms with van der Waals surface area (Å²) in [5.41, 5.74) is 5.48. The summed E-state index contributed by atoms with van der Waals surface area (Å²) in [6.45, 7) is 2.05. The van der Waals surface area contributed by atoms with Gasteiger partial charge in [-0.25, -0.2) is 0 Å². The molecule has 0 amide bonds. The standard InChI is InChI=1S/C12H22N2/c13-5-1-2-6-14-12-10-8-3-4-9(7-8)11(10)12/h8-12,14H,1-7,13H2. The van der Waals surface area contributed by atoms with E-state index in [1.807, 2.05) is 0 Å². The fraction of sp³-hybridized carbons (Fsp3) is 1.00. The van der Waals surface area contributed by atoms with Crippen molar-refractivity contribution < 1.29 is 0 Å². The topological polar surface area (TPSA) is 38.0 Å². The van der Waals surface area contributed by atoms with Gasteiger partial charge in [-0.1, -0.05) is 0 Å². The minimum absolute atomic E-state index is 0.852. The van der Waals surface area contributed by atoms with Crippen LogP contribution in [0.4, 0.5) is 0 Å². The van der Waals surface area contributed by atoms with Crippen molar-refractivity contribution in [1.82, 2.24) is 5.32 Å². The van der Waals surface area contributed by atoms with Crippen LogP contribution in [0.3, 0.4) is 0 Å². The summed E-state index contributed by atoms with van der Waals surface area (Å²) in [6.07, 6.45) is 7.08. The Kier molecular flexibility index (Phi) is 2.29. The quantitative estimate of drug-likeness (QED) is 0.649. The Morgan fingerprint density at radius 3 is 2.43 bits per heavy atom. The van der Waals surface area contributed by atoms with Gasteiger partial charge in [-0.15, -0.1) is 0 Å². The molecule has 2 bridgehead atoms. The first-order chi connectivity index (χ1) is 6.92. The molecule has 80 valence electrons. The Labute approximate surface area is 86.6 Å². The van der Waals surface area contributed by atoms with Crippen LogP contribution in [0.1, 0.15) is 32.1 Å². The second-order valence-corrected chi connectivity index (χ2v) is 5.46. The Morgan fingerprint density at radius 1 is 1.07 bits per heavy atom. The summed E-state index contributed by atoms with van der Waals surface area (Å²) in [5.74, 6) is 4.40. The number of hydrogen-bond donors (Lipinski definition) is 2. The van der Waals surface area contributed by atoms with Gasteiger partial charge in [-0.05, 0) is 68.9 Å². The zero-order valence-corrected chi connectivity index (χ0v) is 8.91. The number of nitrogens with two attached hydrogens (primary N) is 1. The van der Waals surface area contributed by atoms with Crippen molar-refractivity contribution in [1.29, 1.82) is 0 Å². The van der Waals surface area contributed by atoms with Crippen molar-refractivity contribution in [2.75, 3.05) is 13.1 Å². The lowest BCUT2D eigenvalue weighted by atomic mass is 10.0. The molecule has 3 N–H and O–H groups in total. The molecule has 2 heteroatoms. The number of rotatable bonds is 5. The maximum absolute atomic E-state index is 5.48. The Bertz CT molecular complexity index is 200. The van der Waals surface area contributed by atoms with Gasteiger partial charge in [0, 0.05) is 6.04 Å². The molecule has 0 saturated heterocycles. The molecule has 3 saturated carbocycles. The van der Waals surface area contributed by atoms with Gasteiger partial charge in [-0.2, -0.15) is 0 Å². The molecule has 0 heterocycles. The van der Waals surface area contributed by atoms with Gasteiger partial charge in [0.1, 0.15) is 0 Å². The number of nitrogens with one attached hydrogen (secondary N) is 1. The number of hydrogen-bond acceptors (Lipinski definition) is 2. The number of fused-ring (bicyclic) bond motifs is 5. The van der Waals surface area contributed by atoms with Crippen LogP contribution in [0.5, 0.6) is 0 Å². The minimum Gasteiger partial charge on any atom is -0.330 e. The maximum Gasteiger partial charge on any atom is 0.0135 e. The Balaban J connectivity index is 1.41. The highest BCUT2D eigenvalue weighted by Gasteiger charge is 2.64. The molecule has 0 spiro atoms. The van der Waals surface area contributed by atoms with E-state index in [1.54, 1.807) is 6.42 Å². The molecule has 0 aromatic carbocycles. The molecule has 0 radical (unpaired) electrons. The lowest BCUT2D eigenvalue weighted by Crippen LogP contribution is -2.24. The van der Waals surface area contributed by atoms with E-state index < -0.39 is 0 Å². The third-order valence-corrected chi connectivity index (χ3v) is 4.75. The van der Waals surface area contributed by atoms with Crippen LogP contribution in [-0.4, -0.2) is 19.1 Å². The van der Waals surface area contributed by atoms with Crippen molar-refractivity contribution in [2.24, 2.45) is 29.4 Å². The van der Waals surface area contributed by atoms with Gasteiger partial charge in [0.25, 0.3) is 0 Å². The third kappa shape index (κ3) is 1.31. The summed E-state index contributed by atoms with van der Waals surface area (Å²) < 4.78 is 0. The highest BCUT2D eigenvalue weighted by Crippen LogP contribution is 2.65. The van der Waals surface area contributed by atoms with Gasteiger partial charge in [0.15, 0.2) is 0 Å². The van der Waals surface area contributed by atoms with Gasteiger partial charge < -0.3 is 11.1 Å². The molecule has 0 aromatic rings. The van der Waals surface area contributed by atoms with Crippen LogP contribution in [0.2, 0.25) is 0 Å². The van der Waals surface area contributed by atoms with Crippen LogP contribution in [0.15, 0.2) is 0 Å². The summed E-state index contributed by atoms with van der Waals surface area (Å²) >= 11 is 0. The first-order valence-electron chi connectivity index (χ1n) is 6.35. The second kappa shape index (κ2) is 3.49. The van der Waals surface area contributed by atoms with Crippen LogP contribution >= 0.6 is 0 Å². The second-order valence-electron chi connectivity index (χ2n) is 5.46. The van der Waals surface area contributed by atoms with Gasteiger partial charge in [-0.3, -0.25) is 0 Å². The predicted molar refractivity (Wildman–Crippen MR) is 57.9 cm³/mol. The fourth-order valence-electron chi connectivity index (χ4n) is 4.14. The third-order valence-electron chi connectivity index (χ3n) is 4.75. The highest BCUT2D eigenvalue weighted by atomic mass is 15.0. The van der Waals surface area contributed by atoms with Crippen molar-refractivity contribution >= 4 is 0 Å². The van der Waals surface area contributed by atoms with E-state index in [2.05, 4.69) is 5.32 Å². The molecule has 3 rings (SSSR count). The largest absolute Gasteiger partial charge is 0.330 e. The van der Waals surface area contributed by atoms with Crippen molar-refractivity contribution in [3.63, 3.8) is 0 Å². The molecule has 3 fully saturated rings. The number of unbranched alkanes of at least 4 members (excludes halogenated alkanes) is 1. The summed E-state index contributed by atoms with van der Waals surface area (Å²) in [7, 11) is 0. The van der Waals surface area contributed by atoms with Crippen molar-refractivity contribution in [3.8, 4) is 0 Å². The molecule has 0 aliphatic heterocycles. The molecule has 4 unspecified atom stereocenters. The zero-order chi connectivity index (χ0) is 9.54. The summed E-state index contributed by atoms with van der Waals surface area (Å²) in [4.78, 5) is 0. The van der Waals surface area contributed by atoms with E-state index in [1.165, 1.54) is 32.2 Å². The first kappa shape index (κ1) is 9.17. The van der Waals surface area contributed by atoms with E-state index >= 15 is 0 Å². The molecule has 3 aliphatic rings. The molecular weight excluding hydrogens is 172 g/mol. The van der Waals surface area contributed by atoms with Gasteiger partial charge in [0.05, 0.1) is 0 Å². The van der Waals surface area contributed by atoms with Gasteiger partial charge in [0.2, 0.25) is 0 Å².